The van der Waals surface area contributed by atoms with E-state index in [1.807, 2.05) is 0 Å². The zero-order chi connectivity index (χ0) is 19.6. The van der Waals surface area contributed by atoms with Gasteiger partial charge in [0.25, 0.3) is 0 Å². The van der Waals surface area contributed by atoms with E-state index in [1.165, 1.54) is 80.0 Å². The number of rotatable bonds is 10. The van der Waals surface area contributed by atoms with Crippen LogP contribution in [0.3, 0.4) is 0 Å². The minimum Gasteiger partial charge on any atom is -0.0804 e. The molecule has 0 heterocycles. The first-order chi connectivity index (χ1) is 13.8. The van der Waals surface area contributed by atoms with Crippen molar-refractivity contribution < 1.29 is 0 Å². The fourth-order valence-corrected chi connectivity index (χ4v) is 4.42. The summed E-state index contributed by atoms with van der Waals surface area (Å²) in [6.45, 7) is 4.51. The fraction of sp³-hybridized carbons (Fsp3) is 0.500. The van der Waals surface area contributed by atoms with Crippen LogP contribution in [0.25, 0.3) is 0 Å². The van der Waals surface area contributed by atoms with Crippen molar-refractivity contribution in [3.05, 3.63) is 82.9 Å². The molecule has 0 radical (unpaired) electrons. The van der Waals surface area contributed by atoms with Crippen molar-refractivity contribution in [3.8, 4) is 0 Å². The van der Waals surface area contributed by atoms with Crippen LogP contribution in [0.15, 0.2) is 60.7 Å². The normalized spacial score (nSPS) is 19.1. The van der Waals surface area contributed by atoms with E-state index in [0.717, 1.165) is 6.42 Å². The van der Waals surface area contributed by atoms with E-state index in [2.05, 4.69) is 74.5 Å². The van der Waals surface area contributed by atoms with Crippen molar-refractivity contribution in [1.82, 2.24) is 0 Å². The van der Waals surface area contributed by atoms with Crippen LogP contribution in [0.1, 0.15) is 99.3 Å². The van der Waals surface area contributed by atoms with Gasteiger partial charge in [-0.05, 0) is 54.4 Å². The van der Waals surface area contributed by atoms with Gasteiger partial charge < -0.3 is 0 Å². The molecule has 0 nitrogen and oxygen atoms in total. The van der Waals surface area contributed by atoms with Crippen LogP contribution in [0, 0.1) is 0 Å². The highest BCUT2D eigenvalue weighted by molar-refractivity contribution is 5.33. The van der Waals surface area contributed by atoms with Crippen molar-refractivity contribution in [1.29, 1.82) is 0 Å². The summed E-state index contributed by atoms with van der Waals surface area (Å²) >= 11 is 0. The molecule has 0 saturated heterocycles. The molecule has 0 amide bonds. The van der Waals surface area contributed by atoms with Crippen LogP contribution in [0.2, 0.25) is 0 Å². The first-order valence-electron chi connectivity index (χ1n) is 11.7. The molecule has 0 fully saturated rings. The van der Waals surface area contributed by atoms with Crippen molar-refractivity contribution >= 4 is 0 Å². The molecule has 0 spiro atoms. The smallest absolute Gasteiger partial charge is 0.00185 e. The molecule has 0 bridgehead atoms. The number of benzene rings is 2. The Morgan fingerprint density at radius 1 is 0.607 bits per heavy atom. The lowest BCUT2D eigenvalue weighted by atomic mass is 9.81. The third kappa shape index (κ3) is 6.09. The lowest BCUT2D eigenvalue weighted by Gasteiger charge is -2.24. The highest BCUT2D eigenvalue weighted by Crippen LogP contribution is 2.35. The van der Waals surface area contributed by atoms with Crippen molar-refractivity contribution in [2.24, 2.45) is 0 Å². The standard InChI is InChI=1S/C28H38/c1-3-5-6-7-8-9-10-24-13-17-26(18-14-24)28-21-19-27(20-22-28)25-15-11-23(4-2)12-16-25/h11-19,21,27-28H,3-10,20,22H2,1-2H3. The number of hydrogen-bond acceptors (Lipinski definition) is 0. The van der Waals surface area contributed by atoms with E-state index in [9.17, 15) is 0 Å². The SMILES string of the molecule is CCCCCCCCc1ccc(C2C=CC(c3ccc(CC)cc3)CC2)cc1. The Bertz CT molecular complexity index is 705. The van der Waals surface area contributed by atoms with Crippen LogP contribution in [0.4, 0.5) is 0 Å². The molecule has 150 valence electrons. The number of aryl methyl sites for hydroxylation is 2. The third-order valence-electron chi connectivity index (χ3n) is 6.41. The highest BCUT2D eigenvalue weighted by Gasteiger charge is 2.18. The van der Waals surface area contributed by atoms with E-state index < -0.39 is 0 Å². The first-order valence-corrected chi connectivity index (χ1v) is 11.7. The van der Waals surface area contributed by atoms with Gasteiger partial charge in [0.1, 0.15) is 0 Å². The maximum atomic E-state index is 2.45. The van der Waals surface area contributed by atoms with E-state index >= 15 is 0 Å². The average Bonchev–Trinajstić information content (AvgIpc) is 2.77. The maximum absolute atomic E-state index is 2.45. The Balaban J connectivity index is 1.48. The predicted octanol–water partition coefficient (Wildman–Crippen LogP) is 8.37. The van der Waals surface area contributed by atoms with E-state index in [-0.39, 0.29) is 0 Å². The van der Waals surface area contributed by atoms with Gasteiger partial charge in [-0.1, -0.05) is 107 Å². The van der Waals surface area contributed by atoms with Crippen LogP contribution in [-0.2, 0) is 12.8 Å². The zero-order valence-electron chi connectivity index (χ0n) is 18.0. The molecule has 2 atom stereocenters. The van der Waals surface area contributed by atoms with Gasteiger partial charge in [0.2, 0.25) is 0 Å². The summed E-state index contributed by atoms with van der Waals surface area (Å²) in [5.41, 5.74) is 5.90. The molecule has 0 heteroatoms. The van der Waals surface area contributed by atoms with Crippen molar-refractivity contribution in [3.63, 3.8) is 0 Å². The molecule has 2 aromatic carbocycles. The average molecular weight is 375 g/mol. The lowest BCUT2D eigenvalue weighted by molar-refractivity contribution is 0.599. The Morgan fingerprint density at radius 2 is 1.11 bits per heavy atom. The Morgan fingerprint density at radius 3 is 1.61 bits per heavy atom. The van der Waals surface area contributed by atoms with E-state index in [1.54, 1.807) is 0 Å². The van der Waals surface area contributed by atoms with Gasteiger partial charge in [-0.2, -0.15) is 0 Å². The van der Waals surface area contributed by atoms with Gasteiger partial charge >= 0.3 is 0 Å². The molecular weight excluding hydrogens is 336 g/mol. The van der Waals surface area contributed by atoms with E-state index in [0.29, 0.717) is 11.8 Å². The fourth-order valence-electron chi connectivity index (χ4n) is 4.42. The quantitative estimate of drug-likeness (QED) is 0.289. The van der Waals surface area contributed by atoms with Gasteiger partial charge in [-0.3, -0.25) is 0 Å². The minimum absolute atomic E-state index is 0.592. The van der Waals surface area contributed by atoms with Gasteiger partial charge in [-0.25, -0.2) is 0 Å². The molecule has 1 aliphatic carbocycles. The Hall–Kier alpha value is -1.82. The lowest BCUT2D eigenvalue weighted by Crippen LogP contribution is -2.06. The zero-order valence-corrected chi connectivity index (χ0v) is 18.0. The van der Waals surface area contributed by atoms with Crippen LogP contribution >= 0.6 is 0 Å². The van der Waals surface area contributed by atoms with Crippen LogP contribution < -0.4 is 0 Å². The summed E-state index contributed by atoms with van der Waals surface area (Å²) in [7, 11) is 0. The largest absolute Gasteiger partial charge is 0.0804 e. The third-order valence-corrected chi connectivity index (χ3v) is 6.41. The summed E-state index contributed by atoms with van der Waals surface area (Å²) in [6.07, 6.45) is 18.0. The highest BCUT2D eigenvalue weighted by atomic mass is 14.2. The van der Waals surface area contributed by atoms with Crippen LogP contribution in [0.5, 0.6) is 0 Å². The summed E-state index contributed by atoms with van der Waals surface area (Å²) in [5, 5.41) is 0. The second-order valence-electron chi connectivity index (χ2n) is 8.53. The topological polar surface area (TPSA) is 0 Å². The van der Waals surface area contributed by atoms with Crippen molar-refractivity contribution in [2.45, 2.75) is 89.9 Å². The first kappa shape index (κ1) is 20.9. The Kier molecular flexibility index (Phi) is 8.40. The molecule has 3 rings (SSSR count). The predicted molar refractivity (Wildman–Crippen MR) is 123 cm³/mol. The van der Waals surface area contributed by atoms with Gasteiger partial charge in [-0.15, -0.1) is 0 Å². The molecule has 0 aromatic heterocycles. The molecule has 0 saturated carbocycles. The number of unbranched alkanes of at least 4 members (excludes halogenated alkanes) is 5. The molecule has 2 aromatic rings. The van der Waals surface area contributed by atoms with Crippen molar-refractivity contribution in [2.75, 3.05) is 0 Å². The minimum atomic E-state index is 0.592. The van der Waals surface area contributed by atoms with E-state index in [4.69, 9.17) is 0 Å². The number of hydrogen-bond donors (Lipinski definition) is 0. The molecule has 0 aliphatic heterocycles. The molecular formula is C28H38. The van der Waals surface area contributed by atoms with Gasteiger partial charge in [0.15, 0.2) is 0 Å². The summed E-state index contributed by atoms with van der Waals surface area (Å²) in [6, 6.07) is 18.7. The summed E-state index contributed by atoms with van der Waals surface area (Å²) in [5.74, 6) is 1.18. The second-order valence-corrected chi connectivity index (χ2v) is 8.53. The second kappa shape index (κ2) is 11.2. The summed E-state index contributed by atoms with van der Waals surface area (Å²) < 4.78 is 0. The molecule has 28 heavy (non-hydrogen) atoms. The molecule has 0 N–H and O–H groups in total. The maximum Gasteiger partial charge on any atom is 0.00185 e. The number of allylic oxidation sites excluding steroid dienone is 2. The molecule has 1 aliphatic rings. The van der Waals surface area contributed by atoms with Gasteiger partial charge in [0, 0.05) is 11.8 Å². The Labute approximate surface area is 173 Å². The summed E-state index contributed by atoms with van der Waals surface area (Å²) in [4.78, 5) is 0. The monoisotopic (exact) mass is 374 g/mol. The van der Waals surface area contributed by atoms with Gasteiger partial charge in [0.05, 0.1) is 0 Å². The van der Waals surface area contributed by atoms with Crippen LogP contribution in [-0.4, -0.2) is 0 Å². The molecule has 2 unspecified atom stereocenters.